The topological polar surface area (TPSA) is 153 Å². The molecule has 14 heteroatoms. The Bertz CT molecular complexity index is 1380. The van der Waals surface area contributed by atoms with E-state index < -0.39 is 22.0 Å². The fourth-order valence-electron chi connectivity index (χ4n) is 3.86. The lowest BCUT2D eigenvalue weighted by Gasteiger charge is -2.33. The molecule has 0 aliphatic carbocycles. The van der Waals surface area contributed by atoms with Crippen molar-refractivity contribution in [2.24, 2.45) is 0 Å². The Morgan fingerprint density at radius 1 is 0.974 bits per heavy atom. The van der Waals surface area contributed by atoms with Crippen LogP contribution in [0.1, 0.15) is 17.3 Å². The predicted molar refractivity (Wildman–Crippen MR) is 135 cm³/mol. The van der Waals surface area contributed by atoms with Crippen molar-refractivity contribution < 1.29 is 36.6 Å². The summed E-state index contributed by atoms with van der Waals surface area (Å²) in [6.45, 7) is 2.69. The summed E-state index contributed by atoms with van der Waals surface area (Å²) in [6.07, 6.45) is -0.463. The average molecular weight is 546 g/mol. The first-order chi connectivity index (χ1) is 18.3. The standard InChI is InChI=1S/C24H27N5O8S/c1-4-36-24(31)28-12-14-29(15-13-28)38(32,33)17-10-8-16(9-11-17)21(30)25-23-27-26-22(37-23)20-18(34-2)6-5-7-19(20)35-3/h5-11H,4,12-15H2,1-3H3,(H,25,27,30). The number of ether oxygens (including phenoxy) is 3. The lowest BCUT2D eigenvalue weighted by atomic mass is 10.2. The van der Waals surface area contributed by atoms with Gasteiger partial charge in [-0.3, -0.25) is 10.1 Å². The highest BCUT2D eigenvalue weighted by Crippen LogP contribution is 2.37. The van der Waals surface area contributed by atoms with E-state index >= 15 is 0 Å². The number of benzene rings is 2. The molecule has 1 saturated heterocycles. The van der Waals surface area contributed by atoms with Gasteiger partial charge in [-0.25, -0.2) is 13.2 Å². The molecule has 2 heterocycles. The Balaban J connectivity index is 1.42. The Kier molecular flexibility index (Phi) is 8.12. The van der Waals surface area contributed by atoms with Gasteiger partial charge in [-0.2, -0.15) is 4.31 Å². The highest BCUT2D eigenvalue weighted by Gasteiger charge is 2.30. The van der Waals surface area contributed by atoms with Crippen LogP contribution >= 0.6 is 0 Å². The van der Waals surface area contributed by atoms with Crippen molar-refractivity contribution >= 4 is 28.0 Å². The molecular formula is C24H27N5O8S. The first-order valence-electron chi connectivity index (χ1n) is 11.7. The van der Waals surface area contributed by atoms with Crippen LogP contribution in [-0.2, 0) is 14.8 Å². The fraction of sp³-hybridized carbons (Fsp3) is 0.333. The monoisotopic (exact) mass is 545 g/mol. The van der Waals surface area contributed by atoms with Gasteiger partial charge in [0.15, 0.2) is 0 Å². The normalized spacial score (nSPS) is 14.1. The molecule has 1 N–H and O–H groups in total. The van der Waals surface area contributed by atoms with E-state index in [1.165, 1.54) is 47.7 Å². The summed E-state index contributed by atoms with van der Waals surface area (Å²) in [6, 6.07) is 10.5. The van der Waals surface area contributed by atoms with Gasteiger partial charge < -0.3 is 23.5 Å². The van der Waals surface area contributed by atoms with E-state index in [4.69, 9.17) is 18.6 Å². The van der Waals surface area contributed by atoms with Crippen LogP contribution in [0.5, 0.6) is 11.5 Å². The lowest BCUT2D eigenvalue weighted by molar-refractivity contribution is 0.0933. The largest absolute Gasteiger partial charge is 0.496 e. The number of carbonyl (C=O) groups excluding carboxylic acids is 2. The van der Waals surface area contributed by atoms with E-state index in [-0.39, 0.29) is 55.2 Å². The van der Waals surface area contributed by atoms with Crippen molar-refractivity contribution in [3.8, 4) is 23.0 Å². The molecule has 0 bridgehead atoms. The summed E-state index contributed by atoms with van der Waals surface area (Å²) in [5, 5.41) is 10.3. The lowest BCUT2D eigenvalue weighted by Crippen LogP contribution is -2.50. The maximum atomic E-state index is 13.0. The number of sulfonamides is 1. The highest BCUT2D eigenvalue weighted by atomic mass is 32.2. The summed E-state index contributed by atoms with van der Waals surface area (Å²) < 4.78 is 48.6. The highest BCUT2D eigenvalue weighted by molar-refractivity contribution is 7.89. The van der Waals surface area contributed by atoms with Crippen LogP contribution in [0.15, 0.2) is 51.8 Å². The van der Waals surface area contributed by atoms with Crippen molar-refractivity contribution in [1.82, 2.24) is 19.4 Å². The quantitative estimate of drug-likeness (QED) is 0.446. The van der Waals surface area contributed by atoms with Gasteiger partial charge in [0.25, 0.3) is 11.8 Å². The molecule has 38 heavy (non-hydrogen) atoms. The molecule has 3 aromatic rings. The van der Waals surface area contributed by atoms with Gasteiger partial charge in [-0.1, -0.05) is 11.2 Å². The van der Waals surface area contributed by atoms with Crippen LogP contribution in [0.3, 0.4) is 0 Å². The number of nitrogens with zero attached hydrogens (tertiary/aromatic N) is 4. The Labute approximate surface area is 219 Å². The van der Waals surface area contributed by atoms with Crippen LogP contribution in [0.25, 0.3) is 11.5 Å². The first-order valence-corrected chi connectivity index (χ1v) is 13.1. The molecule has 0 spiro atoms. The maximum Gasteiger partial charge on any atom is 0.409 e. The SMILES string of the molecule is CCOC(=O)N1CCN(S(=O)(=O)c2ccc(C(=O)Nc3nnc(-c4c(OC)cccc4OC)o3)cc2)CC1. The molecule has 4 rings (SSSR count). The summed E-state index contributed by atoms with van der Waals surface area (Å²) in [7, 11) is -0.826. The van der Waals surface area contributed by atoms with E-state index in [9.17, 15) is 18.0 Å². The number of hydrogen-bond donors (Lipinski definition) is 1. The van der Waals surface area contributed by atoms with E-state index in [1.807, 2.05) is 0 Å². The van der Waals surface area contributed by atoms with Gasteiger partial charge in [0.2, 0.25) is 10.0 Å². The molecule has 0 atom stereocenters. The van der Waals surface area contributed by atoms with E-state index in [0.29, 0.717) is 17.1 Å². The summed E-state index contributed by atoms with van der Waals surface area (Å²) in [5.41, 5.74) is 0.619. The van der Waals surface area contributed by atoms with Gasteiger partial charge in [0, 0.05) is 31.7 Å². The molecule has 2 amide bonds. The maximum absolute atomic E-state index is 13.0. The second-order valence-electron chi connectivity index (χ2n) is 8.02. The Morgan fingerprint density at radius 3 is 2.18 bits per heavy atom. The number of carbonyl (C=O) groups is 2. The summed E-state index contributed by atoms with van der Waals surface area (Å²) in [5.74, 6) is 0.410. The van der Waals surface area contributed by atoms with Crippen molar-refractivity contribution in [1.29, 1.82) is 0 Å². The number of aromatic nitrogens is 2. The van der Waals surface area contributed by atoms with Crippen LogP contribution in [-0.4, -0.2) is 86.8 Å². The number of hydrogen-bond acceptors (Lipinski definition) is 10. The molecule has 202 valence electrons. The Hall–Kier alpha value is -4.17. The van der Waals surface area contributed by atoms with Crippen LogP contribution < -0.4 is 14.8 Å². The number of amides is 2. The third-order valence-corrected chi connectivity index (χ3v) is 7.72. The van der Waals surface area contributed by atoms with Crippen molar-refractivity contribution in [3.63, 3.8) is 0 Å². The molecule has 1 fully saturated rings. The minimum absolute atomic E-state index is 0.0296. The summed E-state index contributed by atoms with van der Waals surface area (Å²) >= 11 is 0. The number of piperazine rings is 1. The second-order valence-corrected chi connectivity index (χ2v) is 9.96. The van der Waals surface area contributed by atoms with Gasteiger partial charge >= 0.3 is 12.1 Å². The molecular weight excluding hydrogens is 518 g/mol. The molecule has 2 aromatic carbocycles. The van der Waals surface area contributed by atoms with Gasteiger partial charge in [-0.05, 0) is 43.3 Å². The number of methoxy groups -OCH3 is 2. The zero-order valence-corrected chi connectivity index (χ0v) is 21.9. The van der Waals surface area contributed by atoms with Crippen LogP contribution in [0.4, 0.5) is 10.8 Å². The Morgan fingerprint density at radius 2 is 1.61 bits per heavy atom. The number of rotatable bonds is 8. The zero-order valence-electron chi connectivity index (χ0n) is 21.0. The van der Waals surface area contributed by atoms with Gasteiger partial charge in [0.05, 0.1) is 25.7 Å². The van der Waals surface area contributed by atoms with Crippen molar-refractivity contribution in [3.05, 3.63) is 48.0 Å². The van der Waals surface area contributed by atoms with Crippen LogP contribution in [0.2, 0.25) is 0 Å². The summed E-state index contributed by atoms with van der Waals surface area (Å²) in [4.78, 5) is 26.1. The van der Waals surface area contributed by atoms with E-state index in [1.54, 1.807) is 25.1 Å². The number of anilines is 1. The van der Waals surface area contributed by atoms with E-state index in [0.717, 1.165) is 0 Å². The molecule has 13 nitrogen and oxygen atoms in total. The smallest absolute Gasteiger partial charge is 0.409 e. The third-order valence-electron chi connectivity index (χ3n) is 5.81. The zero-order chi connectivity index (χ0) is 27.3. The molecule has 1 aliphatic heterocycles. The minimum atomic E-state index is -3.81. The van der Waals surface area contributed by atoms with E-state index in [2.05, 4.69) is 15.5 Å². The first kappa shape index (κ1) is 26.9. The molecule has 0 radical (unpaired) electrons. The fourth-order valence-corrected chi connectivity index (χ4v) is 5.28. The number of nitrogens with one attached hydrogen (secondary N) is 1. The van der Waals surface area contributed by atoms with Gasteiger partial charge in [-0.15, -0.1) is 5.10 Å². The molecule has 0 saturated carbocycles. The van der Waals surface area contributed by atoms with Crippen molar-refractivity contribution in [2.45, 2.75) is 11.8 Å². The predicted octanol–water partition coefficient (Wildman–Crippen LogP) is 2.47. The minimum Gasteiger partial charge on any atom is -0.496 e. The molecule has 1 aliphatic rings. The molecule has 0 unspecified atom stereocenters. The molecule has 1 aromatic heterocycles. The van der Waals surface area contributed by atoms with Gasteiger partial charge in [0.1, 0.15) is 17.1 Å². The van der Waals surface area contributed by atoms with Crippen molar-refractivity contribution in [2.75, 3.05) is 52.3 Å². The van der Waals surface area contributed by atoms with Crippen LogP contribution in [0, 0.1) is 0 Å². The second kappa shape index (κ2) is 11.5. The average Bonchev–Trinajstić information content (AvgIpc) is 3.40. The third kappa shape index (κ3) is 5.55.